The molecule has 0 spiro atoms. The molecular formula is C20H25N3O4. The molecule has 1 amide bonds. The highest BCUT2D eigenvalue weighted by Gasteiger charge is 2.26. The van der Waals surface area contributed by atoms with Gasteiger partial charge in [-0.25, -0.2) is 0 Å². The minimum absolute atomic E-state index is 0.00612. The number of anilines is 1. The van der Waals surface area contributed by atoms with Crippen LogP contribution in [0.5, 0.6) is 5.75 Å². The number of likely N-dealkylation sites (tertiary alicyclic amines) is 1. The summed E-state index contributed by atoms with van der Waals surface area (Å²) in [5.74, 6) is -0.234. The molecule has 1 aromatic carbocycles. The normalized spacial score (nSPS) is 17.0. The van der Waals surface area contributed by atoms with Crippen LogP contribution in [0.1, 0.15) is 26.7 Å². The van der Waals surface area contributed by atoms with Crippen LogP contribution in [0.25, 0.3) is 0 Å². The van der Waals surface area contributed by atoms with Crippen LogP contribution in [0, 0.1) is 17.2 Å². The Morgan fingerprint density at radius 1 is 1.30 bits per heavy atom. The number of benzene rings is 1. The third-order valence-corrected chi connectivity index (χ3v) is 4.17. The third-order valence-electron chi connectivity index (χ3n) is 4.17. The standard InChI is InChI=1S/C20H25N3O4/c1-3-26-18-9-7-17(8-10-18)22-19(24)16(12-21)14-23-11-5-6-15(13-23)20(25)27-4-2/h7-10,14-15H,3-6,11,13H2,1-2H3,(H,22,24)/b16-14-. The number of hydrogen-bond donors (Lipinski definition) is 1. The molecule has 1 atom stereocenters. The lowest BCUT2D eigenvalue weighted by Gasteiger charge is -2.30. The molecule has 7 heteroatoms. The van der Waals surface area contributed by atoms with Gasteiger partial charge in [-0.05, 0) is 51.0 Å². The van der Waals surface area contributed by atoms with E-state index in [1.807, 2.05) is 17.9 Å². The number of nitrogens with one attached hydrogen (secondary N) is 1. The summed E-state index contributed by atoms with van der Waals surface area (Å²) < 4.78 is 10.4. The van der Waals surface area contributed by atoms with Crippen molar-refractivity contribution >= 4 is 17.6 Å². The summed E-state index contributed by atoms with van der Waals surface area (Å²) in [5, 5.41) is 12.1. The quantitative estimate of drug-likeness (QED) is 0.450. The summed E-state index contributed by atoms with van der Waals surface area (Å²) in [7, 11) is 0. The Balaban J connectivity index is 2.00. The largest absolute Gasteiger partial charge is 0.494 e. The number of piperidine rings is 1. The van der Waals surface area contributed by atoms with E-state index in [-0.39, 0.29) is 17.5 Å². The van der Waals surface area contributed by atoms with Gasteiger partial charge in [0.05, 0.1) is 19.1 Å². The molecule has 1 aliphatic heterocycles. The molecular weight excluding hydrogens is 346 g/mol. The van der Waals surface area contributed by atoms with E-state index in [1.165, 1.54) is 6.20 Å². The molecule has 1 N–H and O–H groups in total. The zero-order valence-corrected chi connectivity index (χ0v) is 15.7. The van der Waals surface area contributed by atoms with E-state index in [2.05, 4.69) is 5.32 Å². The molecule has 7 nitrogen and oxygen atoms in total. The van der Waals surface area contributed by atoms with Gasteiger partial charge in [0.2, 0.25) is 0 Å². The fraction of sp³-hybridized carbons (Fsp3) is 0.450. The molecule has 1 fully saturated rings. The minimum atomic E-state index is -0.486. The molecule has 144 valence electrons. The van der Waals surface area contributed by atoms with Crippen molar-refractivity contribution in [1.82, 2.24) is 4.90 Å². The lowest BCUT2D eigenvalue weighted by molar-refractivity contribution is -0.149. The first kappa shape index (κ1) is 20.3. The van der Waals surface area contributed by atoms with E-state index in [9.17, 15) is 14.9 Å². The Morgan fingerprint density at radius 3 is 2.67 bits per heavy atom. The Morgan fingerprint density at radius 2 is 2.04 bits per heavy atom. The van der Waals surface area contributed by atoms with Crippen LogP contribution in [-0.4, -0.2) is 43.1 Å². The highest BCUT2D eigenvalue weighted by Crippen LogP contribution is 2.20. The second-order valence-corrected chi connectivity index (χ2v) is 6.15. The fourth-order valence-electron chi connectivity index (χ4n) is 2.90. The number of nitrogens with zero attached hydrogens (tertiary/aromatic N) is 2. The maximum absolute atomic E-state index is 12.4. The molecule has 1 saturated heterocycles. The second-order valence-electron chi connectivity index (χ2n) is 6.15. The van der Waals surface area contributed by atoms with Gasteiger partial charge in [-0.2, -0.15) is 5.26 Å². The van der Waals surface area contributed by atoms with Gasteiger partial charge in [-0.15, -0.1) is 0 Å². The average Bonchev–Trinajstić information content (AvgIpc) is 2.68. The van der Waals surface area contributed by atoms with Crippen molar-refractivity contribution in [2.45, 2.75) is 26.7 Å². The van der Waals surface area contributed by atoms with Crippen molar-refractivity contribution in [2.24, 2.45) is 5.92 Å². The van der Waals surface area contributed by atoms with Crippen LogP contribution in [0.15, 0.2) is 36.0 Å². The third kappa shape index (κ3) is 6.03. The van der Waals surface area contributed by atoms with E-state index < -0.39 is 5.91 Å². The van der Waals surface area contributed by atoms with E-state index in [0.717, 1.165) is 12.8 Å². The first-order chi connectivity index (χ1) is 13.1. The molecule has 0 aromatic heterocycles. The number of carbonyl (C=O) groups is 2. The van der Waals surface area contributed by atoms with E-state index in [1.54, 1.807) is 31.2 Å². The Bertz CT molecular complexity index is 722. The molecule has 0 saturated carbocycles. The monoisotopic (exact) mass is 371 g/mol. The number of ether oxygens (including phenoxy) is 2. The van der Waals surface area contributed by atoms with Crippen LogP contribution in [0.4, 0.5) is 5.69 Å². The number of amides is 1. The Hall–Kier alpha value is -3.01. The molecule has 27 heavy (non-hydrogen) atoms. The summed E-state index contributed by atoms with van der Waals surface area (Å²) in [4.78, 5) is 26.2. The summed E-state index contributed by atoms with van der Waals surface area (Å²) in [6.45, 7) is 5.72. The topological polar surface area (TPSA) is 91.7 Å². The molecule has 1 unspecified atom stereocenters. The molecule has 0 radical (unpaired) electrons. The minimum Gasteiger partial charge on any atom is -0.494 e. The smallest absolute Gasteiger partial charge is 0.310 e. The Kier molecular flexibility index (Phi) is 7.68. The Labute approximate surface area is 159 Å². The predicted octanol–water partition coefficient (Wildman–Crippen LogP) is 2.71. The van der Waals surface area contributed by atoms with Crippen LogP contribution in [0.3, 0.4) is 0 Å². The van der Waals surface area contributed by atoms with Crippen LogP contribution in [-0.2, 0) is 14.3 Å². The van der Waals surface area contributed by atoms with Gasteiger partial charge in [0.1, 0.15) is 17.4 Å². The molecule has 0 aliphatic carbocycles. The van der Waals surface area contributed by atoms with Gasteiger partial charge in [-0.1, -0.05) is 0 Å². The van der Waals surface area contributed by atoms with Crippen LogP contribution < -0.4 is 10.1 Å². The summed E-state index contributed by atoms with van der Waals surface area (Å²) in [6.07, 6.45) is 3.08. The van der Waals surface area contributed by atoms with Crippen LogP contribution in [0.2, 0.25) is 0 Å². The lowest BCUT2D eigenvalue weighted by Crippen LogP contribution is -2.37. The summed E-state index contributed by atoms with van der Waals surface area (Å²) >= 11 is 0. The van der Waals surface area contributed by atoms with Gasteiger partial charge in [0, 0.05) is 25.0 Å². The van der Waals surface area contributed by atoms with Crippen molar-refractivity contribution in [3.63, 3.8) is 0 Å². The molecule has 1 aliphatic rings. The van der Waals surface area contributed by atoms with Crippen LogP contribution >= 0.6 is 0 Å². The zero-order chi connectivity index (χ0) is 19.6. The van der Waals surface area contributed by atoms with E-state index >= 15 is 0 Å². The number of carbonyl (C=O) groups excluding carboxylic acids is 2. The zero-order valence-electron chi connectivity index (χ0n) is 15.7. The van der Waals surface area contributed by atoms with E-state index in [0.29, 0.717) is 37.7 Å². The number of hydrogen-bond acceptors (Lipinski definition) is 6. The first-order valence-electron chi connectivity index (χ1n) is 9.14. The van der Waals surface area contributed by atoms with Crippen molar-refractivity contribution in [1.29, 1.82) is 5.26 Å². The highest BCUT2D eigenvalue weighted by atomic mass is 16.5. The maximum Gasteiger partial charge on any atom is 0.310 e. The van der Waals surface area contributed by atoms with Gasteiger partial charge in [0.15, 0.2) is 0 Å². The highest BCUT2D eigenvalue weighted by molar-refractivity contribution is 6.06. The molecule has 2 rings (SSSR count). The van der Waals surface area contributed by atoms with Crippen molar-refractivity contribution in [3.8, 4) is 11.8 Å². The van der Waals surface area contributed by atoms with Gasteiger partial charge in [-0.3, -0.25) is 9.59 Å². The molecule has 1 aromatic rings. The number of esters is 1. The predicted molar refractivity (Wildman–Crippen MR) is 101 cm³/mol. The average molecular weight is 371 g/mol. The van der Waals surface area contributed by atoms with Crippen molar-refractivity contribution in [3.05, 3.63) is 36.0 Å². The van der Waals surface area contributed by atoms with Crippen molar-refractivity contribution in [2.75, 3.05) is 31.6 Å². The van der Waals surface area contributed by atoms with Gasteiger partial charge >= 0.3 is 5.97 Å². The number of nitriles is 1. The molecule has 1 heterocycles. The van der Waals surface area contributed by atoms with Gasteiger partial charge in [0.25, 0.3) is 5.91 Å². The SMILES string of the molecule is CCOC(=O)C1CCCN(/C=C(/C#N)C(=O)Nc2ccc(OCC)cc2)C1. The van der Waals surface area contributed by atoms with Gasteiger partial charge < -0.3 is 19.7 Å². The molecule has 0 bridgehead atoms. The lowest BCUT2D eigenvalue weighted by atomic mass is 9.98. The van der Waals surface area contributed by atoms with Crippen molar-refractivity contribution < 1.29 is 19.1 Å². The fourth-order valence-corrected chi connectivity index (χ4v) is 2.90. The summed E-state index contributed by atoms with van der Waals surface area (Å²) in [6, 6.07) is 8.88. The van der Waals surface area contributed by atoms with E-state index in [4.69, 9.17) is 9.47 Å². The second kappa shape index (κ2) is 10.2. The summed E-state index contributed by atoms with van der Waals surface area (Å²) in [5.41, 5.74) is 0.570. The maximum atomic E-state index is 12.4. The number of rotatable bonds is 7. The first-order valence-corrected chi connectivity index (χ1v) is 9.14.